The number of nitro groups is 1. The Bertz CT molecular complexity index is 859. The molecule has 0 saturated carbocycles. The number of carbonyl (C=O) groups is 1. The summed E-state index contributed by atoms with van der Waals surface area (Å²) in [7, 11) is 4.75. The summed E-state index contributed by atoms with van der Waals surface area (Å²) in [5.41, 5.74) is 1.24. The number of hydrogen-bond acceptors (Lipinski definition) is 6. The maximum atomic E-state index is 12.8. The van der Waals surface area contributed by atoms with E-state index >= 15 is 0 Å². The summed E-state index contributed by atoms with van der Waals surface area (Å²) in [4.78, 5) is 25.2. The van der Waals surface area contributed by atoms with Gasteiger partial charge in [-0.1, -0.05) is 15.9 Å². The van der Waals surface area contributed by atoms with Gasteiger partial charge >= 0.3 is 0 Å². The van der Waals surface area contributed by atoms with Crippen molar-refractivity contribution >= 4 is 33.2 Å². The number of nitro benzene ring substituents is 1. The van der Waals surface area contributed by atoms with E-state index in [4.69, 9.17) is 9.47 Å². The molecule has 1 N–H and O–H groups in total. The number of carbonyl (C=O) groups excluding carboxylic acids is 1. The largest absolute Gasteiger partial charge is 0.496 e. The van der Waals surface area contributed by atoms with Crippen molar-refractivity contribution < 1.29 is 19.2 Å². The third kappa shape index (κ3) is 5.43. The van der Waals surface area contributed by atoms with Crippen molar-refractivity contribution in [1.82, 2.24) is 4.90 Å². The van der Waals surface area contributed by atoms with E-state index in [1.54, 1.807) is 27.3 Å². The van der Waals surface area contributed by atoms with E-state index < -0.39 is 4.92 Å². The van der Waals surface area contributed by atoms with E-state index in [0.717, 1.165) is 10.0 Å². The van der Waals surface area contributed by atoms with Crippen LogP contribution in [0.1, 0.15) is 15.9 Å². The van der Waals surface area contributed by atoms with Crippen molar-refractivity contribution in [2.45, 2.75) is 6.54 Å². The summed E-state index contributed by atoms with van der Waals surface area (Å²) in [5, 5.41) is 14.3. The number of methoxy groups -OCH3 is 2. The van der Waals surface area contributed by atoms with Crippen LogP contribution in [-0.4, -0.2) is 50.1 Å². The van der Waals surface area contributed by atoms with Gasteiger partial charge in [0.1, 0.15) is 11.4 Å². The highest BCUT2D eigenvalue weighted by molar-refractivity contribution is 9.10. The summed E-state index contributed by atoms with van der Waals surface area (Å²) < 4.78 is 11.1. The van der Waals surface area contributed by atoms with Crippen LogP contribution in [0.5, 0.6) is 5.75 Å². The van der Waals surface area contributed by atoms with Crippen LogP contribution in [-0.2, 0) is 11.3 Å². The number of nitrogens with zero attached hydrogens (tertiary/aromatic N) is 2. The molecule has 0 heterocycles. The minimum absolute atomic E-state index is 0.157. The summed E-state index contributed by atoms with van der Waals surface area (Å²) in [6.07, 6.45) is 0. The SMILES string of the molecule is COCCNc1ccc(C(=O)N(C)Cc2cc(Br)ccc2OC)cc1[N+](=O)[O-]. The lowest BCUT2D eigenvalue weighted by Gasteiger charge is -2.19. The normalized spacial score (nSPS) is 10.4. The van der Waals surface area contributed by atoms with Crippen LogP contribution in [0, 0.1) is 10.1 Å². The maximum Gasteiger partial charge on any atom is 0.293 e. The predicted molar refractivity (Wildman–Crippen MR) is 110 cm³/mol. The molecule has 2 aromatic carbocycles. The molecule has 0 aliphatic rings. The Hall–Kier alpha value is -2.65. The standard InChI is InChI=1S/C19H22BrN3O5/c1-22(12-14-10-15(20)5-7-18(14)28-3)19(24)13-4-6-16(21-8-9-27-2)17(11-13)23(25)26/h4-7,10-11,21H,8-9,12H2,1-3H3. The van der Waals surface area contributed by atoms with Gasteiger partial charge in [-0.05, 0) is 30.3 Å². The molecule has 2 rings (SSSR count). The van der Waals surface area contributed by atoms with Crippen LogP contribution in [0.2, 0.25) is 0 Å². The van der Waals surface area contributed by atoms with Gasteiger partial charge in [-0.2, -0.15) is 0 Å². The van der Waals surface area contributed by atoms with Gasteiger partial charge in [0.2, 0.25) is 0 Å². The first kappa shape index (κ1) is 21.6. The molecular formula is C19H22BrN3O5. The fraction of sp³-hybridized carbons (Fsp3) is 0.316. The Balaban J connectivity index is 2.22. The highest BCUT2D eigenvalue weighted by atomic mass is 79.9. The van der Waals surface area contributed by atoms with Crippen LogP contribution < -0.4 is 10.1 Å². The molecule has 0 saturated heterocycles. The van der Waals surface area contributed by atoms with Crippen LogP contribution in [0.25, 0.3) is 0 Å². The average molecular weight is 452 g/mol. The zero-order chi connectivity index (χ0) is 20.7. The fourth-order valence-corrected chi connectivity index (χ4v) is 3.08. The van der Waals surface area contributed by atoms with Crippen molar-refractivity contribution in [1.29, 1.82) is 0 Å². The zero-order valence-corrected chi connectivity index (χ0v) is 17.5. The first-order valence-corrected chi connectivity index (χ1v) is 9.25. The van der Waals surface area contributed by atoms with Crippen LogP contribution in [0.4, 0.5) is 11.4 Å². The molecule has 1 amide bonds. The highest BCUT2D eigenvalue weighted by Gasteiger charge is 2.20. The lowest BCUT2D eigenvalue weighted by atomic mass is 10.1. The summed E-state index contributed by atoms with van der Waals surface area (Å²) in [5.74, 6) is 0.333. The van der Waals surface area contributed by atoms with E-state index in [1.165, 1.54) is 17.0 Å². The Labute approximate surface area is 171 Å². The second-order valence-corrected chi connectivity index (χ2v) is 6.94. The molecule has 2 aromatic rings. The second-order valence-electron chi connectivity index (χ2n) is 6.03. The lowest BCUT2D eigenvalue weighted by molar-refractivity contribution is -0.384. The Morgan fingerprint density at radius 3 is 2.64 bits per heavy atom. The smallest absolute Gasteiger partial charge is 0.293 e. The van der Waals surface area contributed by atoms with Gasteiger partial charge in [0.25, 0.3) is 11.6 Å². The third-order valence-electron chi connectivity index (χ3n) is 4.06. The molecule has 9 heteroatoms. The highest BCUT2D eigenvalue weighted by Crippen LogP contribution is 2.27. The molecule has 0 radical (unpaired) electrons. The molecular weight excluding hydrogens is 430 g/mol. The summed E-state index contributed by atoms with van der Waals surface area (Å²) >= 11 is 3.41. The van der Waals surface area contributed by atoms with Crippen LogP contribution in [0.3, 0.4) is 0 Å². The molecule has 8 nitrogen and oxygen atoms in total. The summed E-state index contributed by atoms with van der Waals surface area (Å²) in [6, 6.07) is 9.92. The van der Waals surface area contributed by atoms with Crippen molar-refractivity contribution in [3.8, 4) is 5.75 Å². The maximum absolute atomic E-state index is 12.8. The first-order chi connectivity index (χ1) is 13.4. The number of anilines is 1. The molecule has 0 bridgehead atoms. The molecule has 0 atom stereocenters. The van der Waals surface area contributed by atoms with Crippen molar-refractivity contribution in [3.63, 3.8) is 0 Å². The van der Waals surface area contributed by atoms with E-state index in [1.807, 2.05) is 18.2 Å². The van der Waals surface area contributed by atoms with Gasteiger partial charge in [0, 0.05) is 48.9 Å². The lowest BCUT2D eigenvalue weighted by Crippen LogP contribution is -2.26. The van der Waals surface area contributed by atoms with E-state index in [9.17, 15) is 14.9 Å². The number of ether oxygens (including phenoxy) is 2. The Kier molecular flexibility index (Phi) is 7.77. The number of amides is 1. The molecule has 0 unspecified atom stereocenters. The number of hydrogen-bond donors (Lipinski definition) is 1. The number of benzene rings is 2. The van der Waals surface area contributed by atoms with Gasteiger partial charge in [0.05, 0.1) is 18.6 Å². The van der Waals surface area contributed by atoms with Gasteiger partial charge in [-0.15, -0.1) is 0 Å². The van der Waals surface area contributed by atoms with E-state index in [-0.39, 0.29) is 17.2 Å². The van der Waals surface area contributed by atoms with E-state index in [2.05, 4.69) is 21.2 Å². The molecule has 0 spiro atoms. The Morgan fingerprint density at radius 1 is 1.25 bits per heavy atom. The van der Waals surface area contributed by atoms with Gasteiger partial charge in [-0.3, -0.25) is 14.9 Å². The van der Waals surface area contributed by atoms with Crippen LogP contribution in [0.15, 0.2) is 40.9 Å². The fourth-order valence-electron chi connectivity index (χ4n) is 2.67. The quantitative estimate of drug-likeness (QED) is 0.354. The van der Waals surface area contributed by atoms with Crippen molar-refractivity contribution in [2.24, 2.45) is 0 Å². The minimum Gasteiger partial charge on any atom is -0.496 e. The second kappa shape index (κ2) is 10.0. The topological polar surface area (TPSA) is 93.9 Å². The monoisotopic (exact) mass is 451 g/mol. The van der Waals surface area contributed by atoms with Gasteiger partial charge < -0.3 is 19.7 Å². The van der Waals surface area contributed by atoms with E-state index in [0.29, 0.717) is 31.1 Å². The Morgan fingerprint density at radius 2 is 2.00 bits per heavy atom. The number of nitrogens with one attached hydrogen (secondary N) is 1. The minimum atomic E-state index is -0.511. The van der Waals surface area contributed by atoms with Crippen molar-refractivity contribution in [2.75, 3.05) is 39.7 Å². The van der Waals surface area contributed by atoms with Gasteiger partial charge in [-0.25, -0.2) is 0 Å². The number of halogens is 1. The van der Waals surface area contributed by atoms with Crippen LogP contribution >= 0.6 is 15.9 Å². The molecule has 0 fully saturated rings. The molecule has 150 valence electrons. The summed E-state index contributed by atoms with van der Waals surface area (Å²) in [6.45, 7) is 1.13. The number of rotatable bonds is 9. The molecule has 28 heavy (non-hydrogen) atoms. The molecule has 0 aliphatic heterocycles. The zero-order valence-electron chi connectivity index (χ0n) is 15.9. The first-order valence-electron chi connectivity index (χ1n) is 8.46. The van der Waals surface area contributed by atoms with Crippen molar-refractivity contribution in [3.05, 3.63) is 62.1 Å². The third-order valence-corrected chi connectivity index (χ3v) is 4.55. The van der Waals surface area contributed by atoms with Gasteiger partial charge in [0.15, 0.2) is 0 Å². The molecule has 0 aliphatic carbocycles. The molecule has 0 aromatic heterocycles. The predicted octanol–water partition coefficient (Wildman–Crippen LogP) is 3.70. The average Bonchev–Trinajstić information content (AvgIpc) is 2.67.